The van der Waals surface area contributed by atoms with Crippen LogP contribution in [0.15, 0.2) is 47.9 Å². The first-order valence-corrected chi connectivity index (χ1v) is 17.8. The summed E-state index contributed by atoms with van der Waals surface area (Å²) in [6.07, 6.45) is 7.21. The zero-order valence-corrected chi connectivity index (χ0v) is 26.1. The van der Waals surface area contributed by atoms with Crippen molar-refractivity contribution in [3.63, 3.8) is 0 Å². The lowest BCUT2D eigenvalue weighted by atomic mass is 9.90. The van der Waals surface area contributed by atoms with Crippen molar-refractivity contribution in [1.82, 2.24) is 19.4 Å². The number of likely N-dealkylation sites (tertiary alicyclic amines) is 3. The highest BCUT2D eigenvalue weighted by Gasteiger charge is 2.54. The fourth-order valence-electron chi connectivity index (χ4n) is 6.95. The van der Waals surface area contributed by atoms with Gasteiger partial charge in [-0.25, -0.2) is 8.42 Å². The molecule has 1 aliphatic carbocycles. The molecular formula is C31H39ClN4O4S2. The van der Waals surface area contributed by atoms with Crippen molar-refractivity contribution in [3.05, 3.63) is 62.6 Å². The van der Waals surface area contributed by atoms with Gasteiger partial charge in [-0.3, -0.25) is 9.59 Å². The van der Waals surface area contributed by atoms with Gasteiger partial charge in [-0.15, -0.1) is 11.3 Å². The van der Waals surface area contributed by atoms with E-state index in [2.05, 4.69) is 40.0 Å². The number of halogens is 1. The predicted octanol–water partition coefficient (Wildman–Crippen LogP) is 4.08. The molecule has 2 amide bonds. The Labute approximate surface area is 257 Å². The Hall–Kier alpha value is -2.24. The Kier molecular flexibility index (Phi) is 9.07. The lowest BCUT2D eigenvalue weighted by Crippen LogP contribution is -2.55. The fraction of sp³-hybridized carbons (Fsp3) is 0.548. The molecular weight excluding hydrogens is 592 g/mol. The molecule has 3 aliphatic heterocycles. The highest BCUT2D eigenvalue weighted by Crippen LogP contribution is 2.50. The number of fused-ring (bicyclic) bond motifs is 1. The van der Waals surface area contributed by atoms with E-state index in [0.29, 0.717) is 46.4 Å². The van der Waals surface area contributed by atoms with Gasteiger partial charge in [0.15, 0.2) is 0 Å². The third-order valence-electron chi connectivity index (χ3n) is 9.31. The number of carbonyl (C=O) groups excluding carboxylic acids is 2. The highest BCUT2D eigenvalue weighted by atomic mass is 35.5. The number of amides is 2. The zero-order valence-electron chi connectivity index (χ0n) is 23.7. The number of nitrogens with zero attached hydrogens (tertiary/aromatic N) is 3. The van der Waals surface area contributed by atoms with Gasteiger partial charge in [-0.2, -0.15) is 4.72 Å². The van der Waals surface area contributed by atoms with Crippen LogP contribution >= 0.6 is 22.9 Å². The smallest absolute Gasteiger partial charge is 0.242 e. The van der Waals surface area contributed by atoms with Crippen LogP contribution in [0.3, 0.4) is 0 Å². The molecule has 2 aromatic rings. The van der Waals surface area contributed by atoms with E-state index in [0.717, 1.165) is 38.0 Å². The van der Waals surface area contributed by atoms with Gasteiger partial charge < -0.3 is 14.7 Å². The first kappa shape index (κ1) is 29.8. The molecule has 11 heteroatoms. The predicted molar refractivity (Wildman–Crippen MR) is 166 cm³/mol. The van der Waals surface area contributed by atoms with E-state index in [1.807, 2.05) is 4.90 Å². The summed E-state index contributed by atoms with van der Waals surface area (Å²) >= 11 is 7.20. The molecule has 1 saturated carbocycles. The minimum absolute atomic E-state index is 0.00961. The molecule has 8 nitrogen and oxygen atoms in total. The average molecular weight is 631 g/mol. The largest absolute Gasteiger partial charge is 0.336 e. The van der Waals surface area contributed by atoms with Crippen LogP contribution in [0.5, 0.6) is 0 Å². The van der Waals surface area contributed by atoms with E-state index in [1.165, 1.54) is 47.1 Å². The lowest BCUT2D eigenvalue weighted by Gasteiger charge is -2.38. The molecule has 6 rings (SSSR count). The Morgan fingerprint density at radius 1 is 1.07 bits per heavy atom. The number of hydrogen-bond donors (Lipinski definition) is 1. The number of carbonyl (C=O) groups is 2. The molecule has 4 unspecified atom stereocenters. The van der Waals surface area contributed by atoms with Crippen LogP contribution in [0.1, 0.15) is 42.5 Å². The minimum Gasteiger partial charge on any atom is -0.336 e. The summed E-state index contributed by atoms with van der Waals surface area (Å²) in [5, 5.41) is 1.07. The van der Waals surface area contributed by atoms with Crippen molar-refractivity contribution in [2.24, 2.45) is 17.8 Å². The Morgan fingerprint density at radius 3 is 2.60 bits per heavy atom. The summed E-state index contributed by atoms with van der Waals surface area (Å²) in [5.74, 6) is 1.51. The summed E-state index contributed by atoms with van der Waals surface area (Å²) in [5.41, 5.74) is 1.41. The third-order valence-corrected chi connectivity index (χ3v) is 11.6. The summed E-state index contributed by atoms with van der Waals surface area (Å²) in [4.78, 5) is 33.6. The van der Waals surface area contributed by atoms with Crippen LogP contribution in [0.4, 0.5) is 0 Å². The third kappa shape index (κ3) is 7.27. The van der Waals surface area contributed by atoms with Crippen molar-refractivity contribution in [2.45, 2.75) is 50.6 Å². The van der Waals surface area contributed by atoms with Crippen LogP contribution in [0, 0.1) is 17.8 Å². The van der Waals surface area contributed by atoms with Gasteiger partial charge in [-0.1, -0.05) is 41.9 Å². The molecule has 0 spiro atoms. The molecule has 226 valence electrons. The van der Waals surface area contributed by atoms with E-state index in [4.69, 9.17) is 11.6 Å². The monoisotopic (exact) mass is 630 g/mol. The molecule has 0 bridgehead atoms. The van der Waals surface area contributed by atoms with Crippen molar-refractivity contribution in [3.8, 4) is 0 Å². The number of nitrogens with one attached hydrogen (secondary N) is 1. The average Bonchev–Trinajstić information content (AvgIpc) is 3.48. The molecule has 3 saturated heterocycles. The lowest BCUT2D eigenvalue weighted by molar-refractivity contribution is -0.144. The maximum absolute atomic E-state index is 13.5. The molecule has 0 radical (unpaired) electrons. The molecule has 1 aromatic heterocycles. The number of sulfonamides is 1. The second-order valence-corrected chi connectivity index (χ2v) is 15.6. The molecule has 1 aromatic carbocycles. The molecule has 4 atom stereocenters. The SMILES string of the molecule is O=C1C(NS(=O)(=O)/C=C/c2ccc(Cl)s2)CCCN1CC(=O)N1CC2CC2C1CN1CCC(Cc2ccccc2)CC1. The second kappa shape index (κ2) is 12.8. The summed E-state index contributed by atoms with van der Waals surface area (Å²) in [6, 6.07) is 13.5. The highest BCUT2D eigenvalue weighted by molar-refractivity contribution is 7.92. The van der Waals surface area contributed by atoms with Crippen LogP contribution in [0.2, 0.25) is 4.34 Å². The minimum atomic E-state index is -3.83. The van der Waals surface area contributed by atoms with Gasteiger partial charge in [0.25, 0.3) is 0 Å². The number of hydrogen-bond acceptors (Lipinski definition) is 6. The molecule has 4 fully saturated rings. The van der Waals surface area contributed by atoms with Crippen LogP contribution in [-0.4, -0.2) is 86.3 Å². The van der Waals surface area contributed by atoms with Crippen molar-refractivity contribution >= 4 is 50.9 Å². The first-order valence-electron chi connectivity index (χ1n) is 15.0. The summed E-state index contributed by atoms with van der Waals surface area (Å²) in [7, 11) is -3.83. The van der Waals surface area contributed by atoms with Gasteiger partial charge in [0.2, 0.25) is 21.8 Å². The fourth-order valence-corrected chi connectivity index (χ4v) is 9.02. The second-order valence-electron chi connectivity index (χ2n) is 12.3. The Bertz CT molecular complexity index is 1410. The zero-order chi connectivity index (χ0) is 29.3. The molecule has 42 heavy (non-hydrogen) atoms. The first-order chi connectivity index (χ1) is 20.2. The van der Waals surface area contributed by atoms with Crippen molar-refractivity contribution < 1.29 is 18.0 Å². The van der Waals surface area contributed by atoms with Crippen LogP contribution in [-0.2, 0) is 26.0 Å². The molecule has 4 heterocycles. The summed E-state index contributed by atoms with van der Waals surface area (Å²) < 4.78 is 28.4. The van der Waals surface area contributed by atoms with E-state index >= 15 is 0 Å². The van der Waals surface area contributed by atoms with Gasteiger partial charge in [-0.05, 0) is 93.1 Å². The van der Waals surface area contributed by atoms with Gasteiger partial charge in [0, 0.05) is 36.0 Å². The molecule has 4 aliphatic rings. The van der Waals surface area contributed by atoms with Crippen LogP contribution < -0.4 is 4.72 Å². The van der Waals surface area contributed by atoms with Gasteiger partial charge in [0.05, 0.1) is 10.9 Å². The van der Waals surface area contributed by atoms with E-state index in [9.17, 15) is 18.0 Å². The number of benzene rings is 1. The van der Waals surface area contributed by atoms with Crippen molar-refractivity contribution in [1.29, 1.82) is 0 Å². The van der Waals surface area contributed by atoms with Gasteiger partial charge in [0.1, 0.15) is 6.04 Å². The Morgan fingerprint density at radius 2 is 1.86 bits per heavy atom. The van der Waals surface area contributed by atoms with E-state index in [-0.39, 0.29) is 24.4 Å². The Balaban J connectivity index is 1.00. The number of piperidine rings is 3. The van der Waals surface area contributed by atoms with E-state index < -0.39 is 16.1 Å². The van der Waals surface area contributed by atoms with Crippen molar-refractivity contribution in [2.75, 3.05) is 39.3 Å². The maximum Gasteiger partial charge on any atom is 0.242 e. The standard InChI is InChI=1S/C31H39ClN4O4S2/c32-29-9-8-25(41-29)12-16-42(39,40)33-27-7-4-13-35(31(27)38)21-30(37)36-19-24-18-26(24)28(36)20-34-14-10-23(11-15-34)17-22-5-2-1-3-6-22/h1-3,5-6,8-9,12,16,23-24,26-28,33H,4,7,10-11,13-15,17-21H2/b16-12+. The summed E-state index contributed by atoms with van der Waals surface area (Å²) in [6.45, 7) is 4.28. The topological polar surface area (TPSA) is 90.0 Å². The van der Waals surface area contributed by atoms with Crippen LogP contribution in [0.25, 0.3) is 6.08 Å². The normalized spacial score (nSPS) is 27.1. The quantitative estimate of drug-likeness (QED) is 0.427. The van der Waals surface area contributed by atoms with E-state index in [1.54, 1.807) is 12.1 Å². The number of rotatable bonds is 10. The maximum atomic E-state index is 13.5. The van der Waals surface area contributed by atoms with Gasteiger partial charge >= 0.3 is 0 Å². The molecule has 1 N–H and O–H groups in total. The number of thiophene rings is 1.